The molecule has 0 atom stereocenters. The van der Waals surface area contributed by atoms with Crippen LogP contribution in [-0.4, -0.2) is 10.9 Å². The summed E-state index contributed by atoms with van der Waals surface area (Å²) in [5.41, 5.74) is 6.79. The lowest BCUT2D eigenvalue weighted by molar-refractivity contribution is -0.120. The molecule has 6 heteroatoms. The van der Waals surface area contributed by atoms with Crippen molar-refractivity contribution in [3.63, 3.8) is 0 Å². The molecule has 0 fully saturated rings. The molecule has 0 aliphatic heterocycles. The van der Waals surface area contributed by atoms with Gasteiger partial charge in [-0.05, 0) is 18.2 Å². The predicted octanol–water partition coefficient (Wildman–Crippen LogP) is 1.80. The molecule has 0 aliphatic carbocycles. The lowest BCUT2D eigenvalue weighted by Gasteiger charge is -2.06. The average Bonchev–Trinajstić information content (AvgIpc) is 2.40. The number of pyridine rings is 1. The smallest absolute Gasteiger partial charge is 0.226 e. The Bertz CT molecular complexity index is 614. The lowest BCUT2D eigenvalue weighted by Crippen LogP contribution is -2.25. The number of nitrogens with one attached hydrogen (secondary N) is 1. The number of nitrogens with zero attached hydrogens (tertiary/aromatic N) is 1. The molecular weight excluding hydrogens is 264 g/mol. The Morgan fingerprint density at radius 3 is 2.70 bits per heavy atom. The highest BCUT2D eigenvalue weighted by Gasteiger charge is 2.07. The minimum Gasteiger partial charge on any atom is -0.397 e. The summed E-state index contributed by atoms with van der Waals surface area (Å²) in [6, 6.07) is 6.52. The maximum Gasteiger partial charge on any atom is 0.226 e. The summed E-state index contributed by atoms with van der Waals surface area (Å²) in [4.78, 5) is 15.7. The molecule has 0 bridgehead atoms. The van der Waals surface area contributed by atoms with Gasteiger partial charge in [0.05, 0.1) is 18.3 Å². The zero-order valence-corrected chi connectivity index (χ0v) is 10.6. The Morgan fingerprint density at radius 2 is 2.05 bits per heavy atom. The van der Waals surface area contributed by atoms with Gasteiger partial charge < -0.3 is 11.1 Å². The van der Waals surface area contributed by atoms with Crippen molar-refractivity contribution in [3.8, 4) is 0 Å². The number of carbonyl (C=O) groups is 1. The summed E-state index contributed by atoms with van der Waals surface area (Å²) < 4.78 is 26.1. The fourth-order valence-electron chi connectivity index (χ4n) is 1.63. The number of nitrogens with two attached hydrogens (primary N) is 1. The largest absolute Gasteiger partial charge is 0.397 e. The number of hydrogen-bond acceptors (Lipinski definition) is 3. The summed E-state index contributed by atoms with van der Waals surface area (Å²) in [6.45, 7) is -0.0000802. The van der Waals surface area contributed by atoms with Gasteiger partial charge in [-0.1, -0.05) is 6.07 Å². The molecule has 0 saturated heterocycles. The standard InChI is InChI=1S/C14H13F2N3O/c15-10-2-1-9(13(16)5-10)7-19-14(20)6-12-4-3-11(17)8-18-12/h1-5,8H,6-7,17H2,(H,19,20). The summed E-state index contributed by atoms with van der Waals surface area (Å²) in [5.74, 6) is -1.63. The Morgan fingerprint density at radius 1 is 1.25 bits per heavy atom. The van der Waals surface area contributed by atoms with Gasteiger partial charge in [0.25, 0.3) is 0 Å². The molecule has 1 aromatic carbocycles. The number of aromatic nitrogens is 1. The molecular formula is C14H13F2N3O. The summed E-state index contributed by atoms with van der Waals surface area (Å²) in [7, 11) is 0. The highest BCUT2D eigenvalue weighted by atomic mass is 19.1. The van der Waals surface area contributed by atoms with Gasteiger partial charge in [-0.15, -0.1) is 0 Å². The van der Waals surface area contributed by atoms with E-state index in [0.29, 0.717) is 11.4 Å². The van der Waals surface area contributed by atoms with Crippen molar-refractivity contribution in [1.82, 2.24) is 10.3 Å². The molecule has 1 amide bonds. The molecule has 2 aromatic rings. The third-order valence-corrected chi connectivity index (χ3v) is 2.68. The fourth-order valence-corrected chi connectivity index (χ4v) is 1.63. The molecule has 0 unspecified atom stereocenters. The first-order valence-corrected chi connectivity index (χ1v) is 5.95. The molecule has 104 valence electrons. The van der Waals surface area contributed by atoms with E-state index in [9.17, 15) is 13.6 Å². The third-order valence-electron chi connectivity index (χ3n) is 2.68. The van der Waals surface area contributed by atoms with Crippen LogP contribution in [0.4, 0.5) is 14.5 Å². The van der Waals surface area contributed by atoms with E-state index in [-0.39, 0.29) is 24.4 Å². The highest BCUT2D eigenvalue weighted by molar-refractivity contribution is 5.78. The number of hydrogen-bond donors (Lipinski definition) is 2. The molecule has 3 N–H and O–H groups in total. The van der Waals surface area contributed by atoms with Gasteiger partial charge in [0, 0.05) is 23.9 Å². The second-order valence-electron chi connectivity index (χ2n) is 4.27. The van der Waals surface area contributed by atoms with E-state index in [0.717, 1.165) is 12.1 Å². The van der Waals surface area contributed by atoms with Gasteiger partial charge in [0.15, 0.2) is 0 Å². The SMILES string of the molecule is Nc1ccc(CC(=O)NCc2ccc(F)cc2F)nc1. The minimum atomic E-state index is -0.684. The zero-order valence-electron chi connectivity index (χ0n) is 10.6. The molecule has 2 rings (SSSR count). The van der Waals surface area contributed by atoms with Crippen molar-refractivity contribution in [1.29, 1.82) is 0 Å². The number of rotatable bonds is 4. The second kappa shape index (κ2) is 6.10. The molecule has 1 aromatic heterocycles. The number of amides is 1. The van der Waals surface area contributed by atoms with Crippen LogP contribution >= 0.6 is 0 Å². The van der Waals surface area contributed by atoms with Crippen LogP contribution in [0.25, 0.3) is 0 Å². The van der Waals surface area contributed by atoms with Crippen LogP contribution < -0.4 is 11.1 Å². The van der Waals surface area contributed by atoms with E-state index in [1.54, 1.807) is 12.1 Å². The normalized spacial score (nSPS) is 10.3. The van der Waals surface area contributed by atoms with Crippen LogP contribution in [0, 0.1) is 11.6 Å². The monoisotopic (exact) mass is 277 g/mol. The maximum atomic E-state index is 13.4. The first-order valence-electron chi connectivity index (χ1n) is 5.95. The van der Waals surface area contributed by atoms with Crippen LogP contribution in [0.15, 0.2) is 36.5 Å². The highest BCUT2D eigenvalue weighted by Crippen LogP contribution is 2.09. The average molecular weight is 277 g/mol. The van der Waals surface area contributed by atoms with E-state index in [4.69, 9.17) is 5.73 Å². The second-order valence-corrected chi connectivity index (χ2v) is 4.27. The number of nitrogen functional groups attached to an aromatic ring is 1. The van der Waals surface area contributed by atoms with Crippen LogP contribution in [0.3, 0.4) is 0 Å². The Labute approximate surface area is 114 Å². The van der Waals surface area contributed by atoms with Crippen LogP contribution in [0.1, 0.15) is 11.3 Å². The van der Waals surface area contributed by atoms with Gasteiger partial charge >= 0.3 is 0 Å². The quantitative estimate of drug-likeness (QED) is 0.895. The van der Waals surface area contributed by atoms with Crippen molar-refractivity contribution in [3.05, 3.63) is 59.4 Å². The first-order chi connectivity index (χ1) is 9.54. The summed E-state index contributed by atoms with van der Waals surface area (Å²) >= 11 is 0. The van der Waals surface area contributed by atoms with E-state index in [1.807, 2.05) is 0 Å². The van der Waals surface area contributed by atoms with E-state index < -0.39 is 11.6 Å². The molecule has 0 radical (unpaired) electrons. The Kier molecular flexibility index (Phi) is 4.24. The summed E-state index contributed by atoms with van der Waals surface area (Å²) in [6.07, 6.45) is 1.53. The van der Waals surface area contributed by atoms with Crippen LogP contribution in [0.5, 0.6) is 0 Å². The van der Waals surface area contributed by atoms with E-state index >= 15 is 0 Å². The summed E-state index contributed by atoms with van der Waals surface area (Å²) in [5, 5.41) is 2.55. The van der Waals surface area contributed by atoms with Crippen molar-refractivity contribution >= 4 is 11.6 Å². The number of halogens is 2. The molecule has 1 heterocycles. The topological polar surface area (TPSA) is 68.0 Å². The first kappa shape index (κ1) is 13.9. The minimum absolute atomic E-state index is 0.0000802. The van der Waals surface area contributed by atoms with Gasteiger partial charge in [-0.2, -0.15) is 0 Å². The molecule has 0 spiro atoms. The van der Waals surface area contributed by atoms with Crippen molar-refractivity contribution in [2.45, 2.75) is 13.0 Å². The van der Waals surface area contributed by atoms with Crippen LogP contribution in [0.2, 0.25) is 0 Å². The van der Waals surface area contributed by atoms with Gasteiger partial charge in [-0.3, -0.25) is 9.78 Å². The Balaban J connectivity index is 1.90. The molecule has 4 nitrogen and oxygen atoms in total. The number of carbonyl (C=O) groups excluding carboxylic acids is 1. The Hall–Kier alpha value is -2.50. The van der Waals surface area contributed by atoms with Crippen molar-refractivity contribution in [2.24, 2.45) is 0 Å². The molecule has 20 heavy (non-hydrogen) atoms. The molecule has 0 saturated carbocycles. The van der Waals surface area contributed by atoms with Gasteiger partial charge in [-0.25, -0.2) is 8.78 Å². The van der Waals surface area contributed by atoms with E-state index in [1.165, 1.54) is 12.3 Å². The van der Waals surface area contributed by atoms with Gasteiger partial charge in [0.1, 0.15) is 11.6 Å². The lowest BCUT2D eigenvalue weighted by atomic mass is 10.2. The third kappa shape index (κ3) is 3.74. The zero-order chi connectivity index (χ0) is 14.5. The predicted molar refractivity (Wildman–Crippen MR) is 70.6 cm³/mol. The fraction of sp³-hybridized carbons (Fsp3) is 0.143. The van der Waals surface area contributed by atoms with Crippen molar-refractivity contribution < 1.29 is 13.6 Å². The number of anilines is 1. The van der Waals surface area contributed by atoms with Crippen LogP contribution in [-0.2, 0) is 17.8 Å². The van der Waals surface area contributed by atoms with E-state index in [2.05, 4.69) is 10.3 Å². The van der Waals surface area contributed by atoms with Crippen molar-refractivity contribution in [2.75, 3.05) is 5.73 Å². The maximum absolute atomic E-state index is 13.4. The van der Waals surface area contributed by atoms with Gasteiger partial charge in [0.2, 0.25) is 5.91 Å². The number of benzene rings is 1. The molecule has 0 aliphatic rings.